The van der Waals surface area contributed by atoms with Crippen LogP contribution < -0.4 is 0 Å². The van der Waals surface area contributed by atoms with Gasteiger partial charge in [0.25, 0.3) is 5.91 Å². The molecule has 1 fully saturated rings. The summed E-state index contributed by atoms with van der Waals surface area (Å²) in [5.41, 5.74) is 2.26. The van der Waals surface area contributed by atoms with Gasteiger partial charge in [0.2, 0.25) is 0 Å². The van der Waals surface area contributed by atoms with E-state index in [1.54, 1.807) is 18.2 Å². The number of fused-ring (bicyclic) bond motifs is 1. The number of amides is 1. The Bertz CT molecular complexity index is 892. The highest BCUT2D eigenvalue weighted by Gasteiger charge is 2.31. The Balaban J connectivity index is 1.65. The molecule has 1 aliphatic rings. The van der Waals surface area contributed by atoms with Gasteiger partial charge in [-0.25, -0.2) is 9.37 Å². The van der Waals surface area contributed by atoms with Crippen LogP contribution in [0.5, 0.6) is 0 Å². The second-order valence-electron chi connectivity index (χ2n) is 6.10. The van der Waals surface area contributed by atoms with E-state index in [-0.39, 0.29) is 17.8 Å². The summed E-state index contributed by atoms with van der Waals surface area (Å²) >= 11 is 0. The normalized spacial score (nSPS) is 17.4. The molecule has 1 aromatic heterocycles. The fourth-order valence-corrected chi connectivity index (χ4v) is 3.37. The number of likely N-dealkylation sites (tertiary alicyclic amines) is 1. The minimum Gasteiger partial charge on any atom is -0.330 e. The van der Waals surface area contributed by atoms with Crippen LogP contribution >= 0.6 is 0 Å². The van der Waals surface area contributed by atoms with E-state index >= 15 is 0 Å². The average molecular weight is 320 g/mol. The molecule has 4 heteroatoms. The first-order valence-electron chi connectivity index (χ1n) is 8.14. The first kappa shape index (κ1) is 14.8. The second-order valence-corrected chi connectivity index (χ2v) is 6.10. The van der Waals surface area contributed by atoms with Crippen LogP contribution in [0.15, 0.2) is 60.7 Å². The maximum atomic E-state index is 13.2. The molecule has 0 aliphatic carbocycles. The highest BCUT2D eigenvalue weighted by atomic mass is 19.1. The molecule has 3 nitrogen and oxygen atoms in total. The summed E-state index contributed by atoms with van der Waals surface area (Å²) < 4.78 is 13.2. The summed E-state index contributed by atoms with van der Waals surface area (Å²) in [6, 6.07) is 17.9. The van der Waals surface area contributed by atoms with Gasteiger partial charge in [0.15, 0.2) is 0 Å². The number of pyridine rings is 1. The molecule has 1 saturated heterocycles. The van der Waals surface area contributed by atoms with Gasteiger partial charge in [0.1, 0.15) is 11.5 Å². The van der Waals surface area contributed by atoms with Gasteiger partial charge in [-0.1, -0.05) is 36.4 Å². The average Bonchev–Trinajstić information content (AvgIpc) is 3.11. The standard InChI is InChI=1S/C20H17FN2O/c21-16-10-7-15(8-11-16)19-6-3-13-23(19)20(24)18-12-9-14-4-1-2-5-17(14)22-18/h1-2,4-5,7-12,19H,3,6,13H2/t19-/m1/s1. The van der Waals surface area contributed by atoms with Crippen molar-refractivity contribution < 1.29 is 9.18 Å². The Kier molecular flexibility index (Phi) is 3.73. The minimum atomic E-state index is -0.259. The van der Waals surface area contributed by atoms with E-state index < -0.39 is 0 Å². The zero-order valence-corrected chi connectivity index (χ0v) is 13.2. The van der Waals surface area contributed by atoms with E-state index in [0.717, 1.165) is 29.3 Å². The van der Waals surface area contributed by atoms with Crippen LogP contribution in [-0.2, 0) is 0 Å². The quantitative estimate of drug-likeness (QED) is 0.703. The second kappa shape index (κ2) is 6.04. The highest BCUT2D eigenvalue weighted by Crippen LogP contribution is 2.33. The first-order chi connectivity index (χ1) is 11.7. The third-order valence-corrected chi connectivity index (χ3v) is 4.59. The van der Waals surface area contributed by atoms with Crippen molar-refractivity contribution in [3.8, 4) is 0 Å². The molecule has 120 valence electrons. The Morgan fingerprint density at radius 1 is 1.04 bits per heavy atom. The number of halogens is 1. The number of hydrogen-bond acceptors (Lipinski definition) is 2. The van der Waals surface area contributed by atoms with Gasteiger partial charge in [0, 0.05) is 11.9 Å². The van der Waals surface area contributed by atoms with Crippen molar-refractivity contribution in [3.63, 3.8) is 0 Å². The molecule has 0 spiro atoms. The Hall–Kier alpha value is -2.75. The zero-order chi connectivity index (χ0) is 16.5. The molecule has 0 saturated carbocycles. The topological polar surface area (TPSA) is 33.2 Å². The van der Waals surface area contributed by atoms with Crippen molar-refractivity contribution in [2.24, 2.45) is 0 Å². The molecule has 3 aromatic rings. The largest absolute Gasteiger partial charge is 0.330 e. The first-order valence-corrected chi connectivity index (χ1v) is 8.14. The number of carbonyl (C=O) groups is 1. The minimum absolute atomic E-state index is 0.00799. The number of nitrogens with zero attached hydrogens (tertiary/aromatic N) is 2. The molecule has 0 unspecified atom stereocenters. The predicted octanol–water partition coefficient (Wildman–Crippen LogP) is 4.35. The fourth-order valence-electron chi connectivity index (χ4n) is 3.37. The summed E-state index contributed by atoms with van der Waals surface area (Å²) in [6.07, 6.45) is 1.84. The van der Waals surface area contributed by atoms with Crippen molar-refractivity contribution in [3.05, 3.63) is 77.7 Å². The molecular weight excluding hydrogens is 303 g/mol. The lowest BCUT2D eigenvalue weighted by molar-refractivity contribution is 0.0730. The summed E-state index contributed by atoms with van der Waals surface area (Å²) in [6.45, 7) is 0.704. The highest BCUT2D eigenvalue weighted by molar-refractivity contribution is 5.95. The van der Waals surface area contributed by atoms with Crippen LogP contribution in [0.2, 0.25) is 0 Å². The number of aromatic nitrogens is 1. The van der Waals surface area contributed by atoms with E-state index in [9.17, 15) is 9.18 Å². The number of carbonyl (C=O) groups excluding carboxylic acids is 1. The van der Waals surface area contributed by atoms with Crippen LogP contribution in [0.25, 0.3) is 10.9 Å². The van der Waals surface area contributed by atoms with Crippen LogP contribution in [0.3, 0.4) is 0 Å². The van der Waals surface area contributed by atoms with Crippen LogP contribution in [-0.4, -0.2) is 22.3 Å². The van der Waals surface area contributed by atoms with E-state index in [1.807, 2.05) is 35.2 Å². The molecule has 24 heavy (non-hydrogen) atoms. The lowest BCUT2D eigenvalue weighted by Gasteiger charge is -2.25. The van der Waals surface area contributed by atoms with Gasteiger partial charge >= 0.3 is 0 Å². The smallest absolute Gasteiger partial charge is 0.272 e. The molecule has 4 rings (SSSR count). The molecular formula is C20H17FN2O. The molecule has 1 amide bonds. The van der Waals surface area contributed by atoms with E-state index in [0.29, 0.717) is 12.2 Å². The van der Waals surface area contributed by atoms with Gasteiger partial charge in [-0.2, -0.15) is 0 Å². The molecule has 2 aromatic carbocycles. The molecule has 1 aliphatic heterocycles. The van der Waals surface area contributed by atoms with E-state index in [1.165, 1.54) is 12.1 Å². The summed E-state index contributed by atoms with van der Waals surface area (Å²) in [5.74, 6) is -0.321. The molecule has 1 atom stereocenters. The van der Waals surface area contributed by atoms with Crippen LogP contribution in [0, 0.1) is 5.82 Å². The number of benzene rings is 2. The monoisotopic (exact) mass is 320 g/mol. The third-order valence-electron chi connectivity index (χ3n) is 4.59. The molecule has 2 heterocycles. The maximum absolute atomic E-state index is 13.2. The molecule has 0 N–H and O–H groups in total. The van der Waals surface area contributed by atoms with Crippen molar-refractivity contribution in [2.45, 2.75) is 18.9 Å². The van der Waals surface area contributed by atoms with Crippen LogP contribution in [0.1, 0.15) is 34.9 Å². The Labute approximate surface area is 139 Å². The summed E-state index contributed by atoms with van der Waals surface area (Å²) in [7, 11) is 0. The van der Waals surface area contributed by atoms with E-state index in [2.05, 4.69) is 4.98 Å². The predicted molar refractivity (Wildman–Crippen MR) is 91.2 cm³/mol. The SMILES string of the molecule is O=C(c1ccc2ccccc2n1)N1CCC[C@@H]1c1ccc(F)cc1. The van der Waals surface area contributed by atoms with Crippen molar-refractivity contribution in [2.75, 3.05) is 6.54 Å². The van der Waals surface area contributed by atoms with Gasteiger partial charge < -0.3 is 4.90 Å². The van der Waals surface area contributed by atoms with Gasteiger partial charge in [0.05, 0.1) is 11.6 Å². The van der Waals surface area contributed by atoms with E-state index in [4.69, 9.17) is 0 Å². The van der Waals surface area contributed by atoms with Gasteiger partial charge in [-0.15, -0.1) is 0 Å². The summed E-state index contributed by atoms with van der Waals surface area (Å²) in [4.78, 5) is 19.3. The van der Waals surface area contributed by atoms with Crippen molar-refractivity contribution in [1.82, 2.24) is 9.88 Å². The van der Waals surface area contributed by atoms with Gasteiger partial charge in [-0.3, -0.25) is 4.79 Å². The Morgan fingerprint density at radius 2 is 1.83 bits per heavy atom. The van der Waals surface area contributed by atoms with Crippen LogP contribution in [0.4, 0.5) is 4.39 Å². The fraction of sp³-hybridized carbons (Fsp3) is 0.200. The molecule has 0 bridgehead atoms. The number of para-hydroxylation sites is 1. The summed E-state index contributed by atoms with van der Waals surface area (Å²) in [5, 5.41) is 1.02. The Morgan fingerprint density at radius 3 is 2.67 bits per heavy atom. The van der Waals surface area contributed by atoms with Crippen molar-refractivity contribution in [1.29, 1.82) is 0 Å². The third kappa shape index (κ3) is 2.64. The number of hydrogen-bond donors (Lipinski definition) is 0. The maximum Gasteiger partial charge on any atom is 0.272 e. The molecule has 0 radical (unpaired) electrons. The lowest BCUT2D eigenvalue weighted by Crippen LogP contribution is -2.31. The van der Waals surface area contributed by atoms with Gasteiger partial charge in [-0.05, 0) is 42.7 Å². The zero-order valence-electron chi connectivity index (χ0n) is 13.2. The number of rotatable bonds is 2. The van der Waals surface area contributed by atoms with Crippen molar-refractivity contribution >= 4 is 16.8 Å². The lowest BCUT2D eigenvalue weighted by atomic mass is 10.0.